The summed E-state index contributed by atoms with van der Waals surface area (Å²) in [5, 5.41) is 0. The molecule has 0 atom stereocenters. The highest BCUT2D eigenvalue weighted by molar-refractivity contribution is 9.10. The first kappa shape index (κ1) is 12.9. The summed E-state index contributed by atoms with van der Waals surface area (Å²) in [6, 6.07) is 9.34. The largest absolute Gasteiger partial charge is 0.466 e. The van der Waals surface area contributed by atoms with E-state index in [0.29, 0.717) is 17.1 Å². The van der Waals surface area contributed by atoms with Crippen molar-refractivity contribution in [2.45, 2.75) is 20.5 Å². The van der Waals surface area contributed by atoms with Gasteiger partial charge in [0.05, 0.1) is 0 Å². The zero-order chi connectivity index (χ0) is 13.1. The van der Waals surface area contributed by atoms with Crippen LogP contribution in [0.5, 0.6) is 0 Å². The van der Waals surface area contributed by atoms with Crippen LogP contribution in [0.15, 0.2) is 39.2 Å². The third-order valence-corrected chi connectivity index (χ3v) is 3.07. The number of carbonyl (C=O) groups excluding carboxylic acids is 1. The maximum atomic E-state index is 11.8. The summed E-state index contributed by atoms with van der Waals surface area (Å²) in [5.74, 6) is 0.948. The van der Waals surface area contributed by atoms with Gasteiger partial charge in [0, 0.05) is 4.47 Å². The van der Waals surface area contributed by atoms with Gasteiger partial charge in [0.2, 0.25) is 0 Å². The van der Waals surface area contributed by atoms with Crippen LogP contribution in [0.25, 0.3) is 0 Å². The van der Waals surface area contributed by atoms with Crippen LogP contribution in [0, 0.1) is 13.8 Å². The molecule has 0 amide bonds. The standard InChI is InChI=1S/C14H13BrO3/c1-9-7-13(10(2)18-9)14(16)17-8-11-3-5-12(15)6-4-11/h3-7H,8H2,1-2H3. The first-order valence-corrected chi connectivity index (χ1v) is 6.34. The van der Waals surface area contributed by atoms with E-state index >= 15 is 0 Å². The van der Waals surface area contributed by atoms with E-state index in [4.69, 9.17) is 9.15 Å². The van der Waals surface area contributed by atoms with Crippen molar-refractivity contribution in [1.82, 2.24) is 0 Å². The Bertz CT molecular complexity index is 555. The van der Waals surface area contributed by atoms with Gasteiger partial charge in [-0.1, -0.05) is 28.1 Å². The van der Waals surface area contributed by atoms with E-state index in [1.807, 2.05) is 24.3 Å². The van der Waals surface area contributed by atoms with Crippen LogP contribution in [-0.2, 0) is 11.3 Å². The molecule has 1 aromatic heterocycles. The van der Waals surface area contributed by atoms with Crippen LogP contribution in [0.2, 0.25) is 0 Å². The lowest BCUT2D eigenvalue weighted by atomic mass is 10.2. The quantitative estimate of drug-likeness (QED) is 0.804. The van der Waals surface area contributed by atoms with Crippen molar-refractivity contribution in [1.29, 1.82) is 0 Å². The second-order valence-electron chi connectivity index (χ2n) is 4.03. The smallest absolute Gasteiger partial charge is 0.342 e. The van der Waals surface area contributed by atoms with Crippen molar-refractivity contribution in [2.75, 3.05) is 0 Å². The van der Waals surface area contributed by atoms with Crippen LogP contribution < -0.4 is 0 Å². The summed E-state index contributed by atoms with van der Waals surface area (Å²) in [6.45, 7) is 3.82. The molecule has 0 spiro atoms. The monoisotopic (exact) mass is 308 g/mol. The molecule has 0 unspecified atom stereocenters. The number of benzene rings is 1. The Labute approximate surface area is 114 Å². The molecular formula is C14H13BrO3. The number of rotatable bonds is 3. The van der Waals surface area contributed by atoms with E-state index < -0.39 is 0 Å². The fourth-order valence-corrected chi connectivity index (χ4v) is 1.91. The molecule has 0 aliphatic heterocycles. The fraction of sp³-hybridized carbons (Fsp3) is 0.214. The molecule has 0 bridgehead atoms. The van der Waals surface area contributed by atoms with Crippen molar-refractivity contribution >= 4 is 21.9 Å². The summed E-state index contributed by atoms with van der Waals surface area (Å²) >= 11 is 3.35. The molecule has 94 valence electrons. The molecule has 4 heteroatoms. The molecule has 3 nitrogen and oxygen atoms in total. The van der Waals surface area contributed by atoms with Gasteiger partial charge in [0.15, 0.2) is 0 Å². The van der Waals surface area contributed by atoms with Gasteiger partial charge in [-0.05, 0) is 37.6 Å². The summed E-state index contributed by atoms with van der Waals surface area (Å²) in [4.78, 5) is 11.8. The van der Waals surface area contributed by atoms with E-state index in [1.54, 1.807) is 19.9 Å². The Morgan fingerprint density at radius 3 is 2.50 bits per heavy atom. The lowest BCUT2D eigenvalue weighted by Crippen LogP contribution is -2.05. The molecule has 0 N–H and O–H groups in total. The van der Waals surface area contributed by atoms with E-state index in [1.165, 1.54) is 0 Å². The molecule has 1 aromatic carbocycles. The highest BCUT2D eigenvalue weighted by Crippen LogP contribution is 2.16. The van der Waals surface area contributed by atoms with Gasteiger partial charge in [-0.25, -0.2) is 4.79 Å². The van der Waals surface area contributed by atoms with Gasteiger partial charge in [0.1, 0.15) is 23.7 Å². The average molecular weight is 309 g/mol. The average Bonchev–Trinajstić information content (AvgIpc) is 2.67. The van der Waals surface area contributed by atoms with Gasteiger partial charge >= 0.3 is 5.97 Å². The van der Waals surface area contributed by atoms with Gasteiger partial charge in [-0.2, -0.15) is 0 Å². The zero-order valence-corrected chi connectivity index (χ0v) is 11.8. The zero-order valence-electron chi connectivity index (χ0n) is 10.2. The van der Waals surface area contributed by atoms with Gasteiger partial charge in [0.25, 0.3) is 0 Å². The highest BCUT2D eigenvalue weighted by Gasteiger charge is 2.14. The maximum Gasteiger partial charge on any atom is 0.342 e. The lowest BCUT2D eigenvalue weighted by molar-refractivity contribution is 0.0470. The number of hydrogen-bond donors (Lipinski definition) is 0. The molecule has 18 heavy (non-hydrogen) atoms. The Morgan fingerprint density at radius 1 is 1.28 bits per heavy atom. The molecule has 2 rings (SSSR count). The van der Waals surface area contributed by atoms with E-state index in [9.17, 15) is 4.79 Å². The van der Waals surface area contributed by atoms with E-state index in [0.717, 1.165) is 10.0 Å². The SMILES string of the molecule is Cc1cc(C(=O)OCc2ccc(Br)cc2)c(C)o1. The van der Waals surface area contributed by atoms with Crippen molar-refractivity contribution in [3.63, 3.8) is 0 Å². The molecular weight excluding hydrogens is 296 g/mol. The predicted molar refractivity (Wildman–Crippen MR) is 71.4 cm³/mol. The Hall–Kier alpha value is -1.55. The summed E-state index contributed by atoms with van der Waals surface area (Å²) in [6.07, 6.45) is 0. The third-order valence-electron chi connectivity index (χ3n) is 2.54. The fourth-order valence-electron chi connectivity index (χ4n) is 1.64. The number of furan rings is 1. The van der Waals surface area contributed by atoms with Crippen LogP contribution in [0.1, 0.15) is 27.4 Å². The molecule has 0 saturated carbocycles. The number of aryl methyl sites for hydroxylation is 2. The predicted octanol–water partition coefficient (Wildman–Crippen LogP) is 4.02. The second kappa shape index (κ2) is 5.40. The molecule has 0 aliphatic rings. The molecule has 0 radical (unpaired) electrons. The maximum absolute atomic E-state index is 11.8. The molecule has 0 saturated heterocycles. The normalized spacial score (nSPS) is 10.4. The van der Waals surface area contributed by atoms with E-state index in [2.05, 4.69) is 15.9 Å². The van der Waals surface area contributed by atoms with Crippen LogP contribution in [-0.4, -0.2) is 5.97 Å². The Balaban J connectivity index is 2.00. The number of halogens is 1. The number of hydrogen-bond acceptors (Lipinski definition) is 3. The lowest BCUT2D eigenvalue weighted by Gasteiger charge is -2.04. The molecule has 1 heterocycles. The number of esters is 1. The van der Waals surface area contributed by atoms with Gasteiger partial charge in [-0.15, -0.1) is 0 Å². The number of ether oxygens (including phenoxy) is 1. The summed E-state index contributed by atoms with van der Waals surface area (Å²) in [7, 11) is 0. The van der Waals surface area contributed by atoms with Gasteiger partial charge < -0.3 is 9.15 Å². The Kier molecular flexibility index (Phi) is 3.87. The summed E-state index contributed by atoms with van der Waals surface area (Å²) < 4.78 is 11.5. The van der Waals surface area contributed by atoms with Crippen molar-refractivity contribution in [3.05, 3.63) is 57.5 Å². The van der Waals surface area contributed by atoms with Crippen LogP contribution in [0.4, 0.5) is 0 Å². The van der Waals surface area contributed by atoms with Crippen molar-refractivity contribution in [2.24, 2.45) is 0 Å². The third kappa shape index (κ3) is 3.01. The second-order valence-corrected chi connectivity index (χ2v) is 4.95. The minimum absolute atomic E-state index is 0.260. The van der Waals surface area contributed by atoms with Crippen molar-refractivity contribution in [3.8, 4) is 0 Å². The van der Waals surface area contributed by atoms with Crippen molar-refractivity contribution < 1.29 is 13.9 Å². The first-order chi connectivity index (χ1) is 8.56. The number of carbonyl (C=O) groups is 1. The Morgan fingerprint density at radius 2 is 1.94 bits per heavy atom. The molecule has 0 aliphatic carbocycles. The molecule has 0 fully saturated rings. The topological polar surface area (TPSA) is 39.4 Å². The highest BCUT2D eigenvalue weighted by atomic mass is 79.9. The van der Waals surface area contributed by atoms with Crippen LogP contribution in [0.3, 0.4) is 0 Å². The van der Waals surface area contributed by atoms with E-state index in [-0.39, 0.29) is 12.6 Å². The minimum Gasteiger partial charge on any atom is -0.466 e. The van der Waals surface area contributed by atoms with Crippen LogP contribution >= 0.6 is 15.9 Å². The first-order valence-electron chi connectivity index (χ1n) is 5.55. The van der Waals surface area contributed by atoms with Gasteiger partial charge in [-0.3, -0.25) is 0 Å². The molecule has 2 aromatic rings. The summed E-state index contributed by atoms with van der Waals surface area (Å²) in [5.41, 5.74) is 1.44. The minimum atomic E-state index is -0.354.